The van der Waals surface area contributed by atoms with Crippen molar-refractivity contribution in [2.75, 3.05) is 12.4 Å². The minimum Gasteiger partial charge on any atom is -0.469 e. The molecular formula is C13H12N6O2. The van der Waals surface area contributed by atoms with Crippen LogP contribution in [0, 0.1) is 11.3 Å². The van der Waals surface area contributed by atoms with Gasteiger partial charge in [0.1, 0.15) is 11.6 Å². The summed E-state index contributed by atoms with van der Waals surface area (Å²) >= 11 is 0. The highest BCUT2D eigenvalue weighted by atomic mass is 16.5. The van der Waals surface area contributed by atoms with Crippen molar-refractivity contribution in [1.29, 1.82) is 5.26 Å². The highest BCUT2D eigenvalue weighted by Crippen LogP contribution is 2.12. The number of allylic oxidation sites excluding steroid dienone is 1. The molecule has 21 heavy (non-hydrogen) atoms. The molecule has 0 amide bonds. The minimum atomic E-state index is -0.292. The molecule has 1 aromatic heterocycles. The van der Waals surface area contributed by atoms with E-state index >= 15 is 0 Å². The summed E-state index contributed by atoms with van der Waals surface area (Å²) in [7, 11) is 1.35. The number of hydrogen-bond donors (Lipinski definition) is 2. The number of methoxy groups -OCH3 is 1. The molecule has 0 spiro atoms. The molecule has 2 N–H and O–H groups in total. The summed E-state index contributed by atoms with van der Waals surface area (Å²) in [6, 6.07) is 9.15. The van der Waals surface area contributed by atoms with Crippen LogP contribution in [0.4, 0.5) is 5.69 Å². The number of nitrogens with one attached hydrogen (secondary N) is 2. The van der Waals surface area contributed by atoms with E-state index in [1.807, 2.05) is 6.07 Å². The van der Waals surface area contributed by atoms with Gasteiger partial charge in [0.25, 0.3) is 0 Å². The van der Waals surface area contributed by atoms with Gasteiger partial charge in [-0.15, -0.1) is 10.2 Å². The van der Waals surface area contributed by atoms with Crippen molar-refractivity contribution in [1.82, 2.24) is 20.6 Å². The Morgan fingerprint density at radius 1 is 1.48 bits per heavy atom. The maximum Gasteiger partial charge on any atom is 0.309 e. The predicted molar refractivity (Wildman–Crippen MR) is 73.6 cm³/mol. The molecule has 0 radical (unpaired) electrons. The fourth-order valence-corrected chi connectivity index (χ4v) is 1.54. The summed E-state index contributed by atoms with van der Waals surface area (Å²) in [5.74, 6) is -0.0770. The predicted octanol–water partition coefficient (Wildman–Crippen LogP) is 0.892. The highest BCUT2D eigenvalue weighted by Gasteiger charge is 2.05. The number of esters is 1. The van der Waals surface area contributed by atoms with E-state index in [2.05, 4.69) is 30.7 Å². The van der Waals surface area contributed by atoms with Gasteiger partial charge in [0.2, 0.25) is 5.82 Å². The second-order valence-corrected chi connectivity index (χ2v) is 4.00. The Kier molecular flexibility index (Phi) is 4.61. The van der Waals surface area contributed by atoms with Crippen molar-refractivity contribution in [2.24, 2.45) is 0 Å². The quantitative estimate of drug-likeness (QED) is 0.618. The van der Waals surface area contributed by atoms with Gasteiger partial charge in [0.05, 0.1) is 13.5 Å². The largest absolute Gasteiger partial charge is 0.469 e. The SMILES string of the molecule is COC(=O)Cc1ccc(NC=C(C#N)c2nn[nH]n2)cc1. The minimum absolute atomic E-state index is 0.215. The number of tetrazole rings is 1. The van der Waals surface area contributed by atoms with Gasteiger partial charge < -0.3 is 10.1 Å². The summed E-state index contributed by atoms with van der Waals surface area (Å²) < 4.78 is 4.60. The summed E-state index contributed by atoms with van der Waals surface area (Å²) in [4.78, 5) is 11.1. The molecule has 0 aliphatic rings. The fraction of sp³-hybridized carbons (Fsp3) is 0.154. The topological polar surface area (TPSA) is 117 Å². The number of hydrogen-bond acceptors (Lipinski definition) is 7. The molecule has 8 nitrogen and oxygen atoms in total. The first kappa shape index (κ1) is 14.2. The third-order valence-corrected chi connectivity index (χ3v) is 2.62. The molecule has 0 aliphatic carbocycles. The smallest absolute Gasteiger partial charge is 0.309 e. The molecular weight excluding hydrogens is 272 g/mol. The molecule has 2 aromatic rings. The highest BCUT2D eigenvalue weighted by molar-refractivity contribution is 5.74. The van der Waals surface area contributed by atoms with Crippen LogP contribution in [0.25, 0.3) is 5.57 Å². The first-order valence-electron chi connectivity index (χ1n) is 5.99. The third kappa shape index (κ3) is 3.87. The second-order valence-electron chi connectivity index (χ2n) is 4.00. The van der Waals surface area contributed by atoms with Crippen molar-refractivity contribution >= 4 is 17.2 Å². The summed E-state index contributed by atoms with van der Waals surface area (Å²) in [6.07, 6.45) is 1.71. The van der Waals surface area contributed by atoms with Crippen LogP contribution < -0.4 is 5.32 Å². The molecule has 0 unspecified atom stereocenters. The van der Waals surface area contributed by atoms with E-state index in [1.54, 1.807) is 24.3 Å². The van der Waals surface area contributed by atoms with E-state index < -0.39 is 0 Å². The number of nitrogens with zero attached hydrogens (tertiary/aromatic N) is 4. The molecule has 0 atom stereocenters. The van der Waals surface area contributed by atoms with Gasteiger partial charge in [-0.1, -0.05) is 12.1 Å². The first-order chi connectivity index (χ1) is 10.2. The van der Waals surface area contributed by atoms with Crippen molar-refractivity contribution in [3.8, 4) is 6.07 Å². The molecule has 8 heteroatoms. The van der Waals surface area contributed by atoms with Crippen LogP contribution in [0.5, 0.6) is 0 Å². The van der Waals surface area contributed by atoms with E-state index in [9.17, 15) is 4.79 Å². The number of H-pyrrole nitrogens is 1. The van der Waals surface area contributed by atoms with Crippen LogP contribution in [0.3, 0.4) is 0 Å². The van der Waals surface area contributed by atoms with E-state index in [-0.39, 0.29) is 23.8 Å². The van der Waals surface area contributed by atoms with E-state index in [0.717, 1.165) is 11.3 Å². The van der Waals surface area contributed by atoms with Crippen LogP contribution in [0.15, 0.2) is 30.5 Å². The van der Waals surface area contributed by atoms with E-state index in [0.29, 0.717) is 0 Å². The van der Waals surface area contributed by atoms with Gasteiger partial charge in [0, 0.05) is 11.9 Å². The Balaban J connectivity index is 2.03. The molecule has 106 valence electrons. The van der Waals surface area contributed by atoms with Gasteiger partial charge in [-0.2, -0.15) is 10.5 Å². The standard InChI is InChI=1S/C13H12N6O2/c1-21-12(20)6-9-2-4-11(5-3-9)15-8-10(7-14)13-16-18-19-17-13/h2-5,8,15H,6H2,1H3,(H,16,17,18,19). The molecule has 1 aromatic carbocycles. The first-order valence-corrected chi connectivity index (χ1v) is 5.99. The van der Waals surface area contributed by atoms with Gasteiger partial charge in [-0.25, -0.2) is 0 Å². The lowest BCUT2D eigenvalue weighted by Gasteiger charge is -2.03. The molecule has 0 saturated heterocycles. The zero-order valence-corrected chi connectivity index (χ0v) is 11.2. The Morgan fingerprint density at radius 2 is 2.24 bits per heavy atom. The van der Waals surface area contributed by atoms with Crippen LogP contribution in [-0.2, 0) is 16.0 Å². The monoisotopic (exact) mass is 284 g/mol. The molecule has 0 bridgehead atoms. The van der Waals surface area contributed by atoms with Gasteiger partial charge in [-0.05, 0) is 22.9 Å². The van der Waals surface area contributed by atoms with Crippen LogP contribution in [0.2, 0.25) is 0 Å². The average Bonchev–Trinajstić information content (AvgIpc) is 3.03. The van der Waals surface area contributed by atoms with Crippen molar-refractivity contribution in [3.05, 3.63) is 41.9 Å². The van der Waals surface area contributed by atoms with Crippen molar-refractivity contribution < 1.29 is 9.53 Å². The maximum absolute atomic E-state index is 11.1. The van der Waals surface area contributed by atoms with Crippen LogP contribution >= 0.6 is 0 Å². The van der Waals surface area contributed by atoms with Gasteiger partial charge >= 0.3 is 5.97 Å². The Morgan fingerprint density at radius 3 is 2.81 bits per heavy atom. The number of benzene rings is 1. The number of aromatic nitrogens is 4. The van der Waals surface area contributed by atoms with Gasteiger partial charge in [0.15, 0.2) is 0 Å². The maximum atomic E-state index is 11.1. The molecule has 0 fully saturated rings. The average molecular weight is 284 g/mol. The third-order valence-electron chi connectivity index (χ3n) is 2.62. The second kappa shape index (κ2) is 6.81. The summed E-state index contributed by atoms with van der Waals surface area (Å²) in [6.45, 7) is 0. The van der Waals surface area contributed by atoms with E-state index in [1.165, 1.54) is 13.3 Å². The molecule has 2 rings (SSSR count). The summed E-state index contributed by atoms with van der Waals surface area (Å²) in [5, 5.41) is 25.1. The number of aromatic amines is 1. The Bertz CT molecular complexity index is 670. The normalized spacial score (nSPS) is 10.8. The number of carbonyl (C=O) groups excluding carboxylic acids is 1. The lowest BCUT2D eigenvalue weighted by Crippen LogP contribution is -2.04. The van der Waals surface area contributed by atoms with Crippen LogP contribution in [-0.4, -0.2) is 33.7 Å². The Labute approximate surface area is 120 Å². The van der Waals surface area contributed by atoms with Gasteiger partial charge in [-0.3, -0.25) is 4.79 Å². The number of rotatable bonds is 5. The molecule has 0 aliphatic heterocycles. The van der Waals surface area contributed by atoms with Crippen molar-refractivity contribution in [2.45, 2.75) is 6.42 Å². The molecule has 0 saturated carbocycles. The fourth-order valence-electron chi connectivity index (χ4n) is 1.54. The van der Waals surface area contributed by atoms with E-state index in [4.69, 9.17) is 5.26 Å². The zero-order valence-electron chi connectivity index (χ0n) is 11.2. The number of ether oxygens (including phenoxy) is 1. The zero-order chi connectivity index (χ0) is 15.1. The Hall–Kier alpha value is -3.21. The summed E-state index contributed by atoms with van der Waals surface area (Å²) in [5.41, 5.74) is 1.86. The number of anilines is 1. The molecule has 1 heterocycles. The van der Waals surface area contributed by atoms with Crippen molar-refractivity contribution in [3.63, 3.8) is 0 Å². The van der Waals surface area contributed by atoms with Crippen LogP contribution in [0.1, 0.15) is 11.4 Å². The lowest BCUT2D eigenvalue weighted by atomic mass is 10.1. The number of carbonyl (C=O) groups is 1. The lowest BCUT2D eigenvalue weighted by molar-refractivity contribution is -0.139. The number of nitriles is 1.